The maximum Gasteiger partial charge on any atom is 0.407 e. The van der Waals surface area contributed by atoms with Crippen molar-refractivity contribution in [1.82, 2.24) is 20.9 Å². The molecule has 5 amide bonds. The van der Waals surface area contributed by atoms with E-state index in [0.717, 1.165) is 6.42 Å². The van der Waals surface area contributed by atoms with Crippen molar-refractivity contribution in [3.63, 3.8) is 0 Å². The summed E-state index contributed by atoms with van der Waals surface area (Å²) in [6.07, 6.45) is 5.57. The molecular formula is C29H48N4O11. The number of carbonyl (C=O) groups excluding carboxylic acids is 5. The summed E-state index contributed by atoms with van der Waals surface area (Å²) in [6.45, 7) is 7.30. The van der Waals surface area contributed by atoms with Crippen LogP contribution < -0.4 is 16.0 Å². The highest BCUT2D eigenvalue weighted by molar-refractivity contribution is 6.12. The largest absolute Gasteiger partial charge is 0.480 e. The van der Waals surface area contributed by atoms with Crippen molar-refractivity contribution in [1.29, 1.82) is 0 Å². The van der Waals surface area contributed by atoms with E-state index in [4.69, 9.17) is 18.9 Å². The lowest BCUT2D eigenvalue weighted by molar-refractivity contribution is -0.143. The summed E-state index contributed by atoms with van der Waals surface area (Å²) in [5, 5.41) is 17.1. The number of hydrogen-bond acceptors (Lipinski definition) is 10. The fourth-order valence-corrected chi connectivity index (χ4v) is 3.81. The van der Waals surface area contributed by atoms with Gasteiger partial charge in [-0.1, -0.05) is 6.42 Å². The number of carboxylic acid groups (broad SMARTS) is 1. The third-order valence-electron chi connectivity index (χ3n) is 5.95. The van der Waals surface area contributed by atoms with E-state index in [1.165, 1.54) is 17.1 Å². The van der Waals surface area contributed by atoms with Gasteiger partial charge in [-0.2, -0.15) is 0 Å². The molecule has 0 aromatic carbocycles. The fraction of sp³-hybridized carbons (Fsp3) is 0.724. The second-order valence-corrected chi connectivity index (χ2v) is 11.0. The molecule has 1 aliphatic heterocycles. The summed E-state index contributed by atoms with van der Waals surface area (Å²) >= 11 is 0. The molecule has 1 heterocycles. The van der Waals surface area contributed by atoms with Crippen LogP contribution in [0.15, 0.2) is 12.2 Å². The van der Waals surface area contributed by atoms with Gasteiger partial charge in [-0.3, -0.25) is 24.1 Å². The second-order valence-electron chi connectivity index (χ2n) is 11.0. The summed E-state index contributed by atoms with van der Waals surface area (Å²) in [7, 11) is 0. The minimum absolute atomic E-state index is 0.0942. The zero-order valence-electron chi connectivity index (χ0n) is 26.0. The highest BCUT2D eigenvalue weighted by Gasteiger charge is 2.22. The van der Waals surface area contributed by atoms with Crippen LogP contribution in [0.5, 0.6) is 0 Å². The first-order chi connectivity index (χ1) is 20.9. The smallest absolute Gasteiger partial charge is 0.407 e. The van der Waals surface area contributed by atoms with Gasteiger partial charge >= 0.3 is 12.1 Å². The Morgan fingerprint density at radius 3 is 2.07 bits per heavy atom. The molecule has 0 fully saturated rings. The molecule has 0 bridgehead atoms. The highest BCUT2D eigenvalue weighted by atomic mass is 16.6. The quantitative estimate of drug-likeness (QED) is 0.0875. The molecule has 1 aliphatic rings. The average Bonchev–Trinajstić information content (AvgIpc) is 3.26. The lowest BCUT2D eigenvalue weighted by Gasteiger charge is -2.19. The standard InChI is InChI=1S/C29H48N4O11/c1-29(2,3)44-28(40)31-13-7-6-9-22(27(38)39)32-24(35)21-43-20-19-42-18-17-41-16-14-30-23(34)10-5-4-8-15-33-25(36)11-12-26(33)37/h11-12,22H,4-10,13-21H2,1-3H3,(H,30,34)(H,31,40)(H,32,35)(H,38,39)/t22-/m0/s1. The van der Waals surface area contributed by atoms with Crippen molar-refractivity contribution in [2.24, 2.45) is 0 Å². The number of nitrogens with one attached hydrogen (secondary N) is 3. The van der Waals surface area contributed by atoms with Gasteiger partial charge < -0.3 is 40.0 Å². The van der Waals surface area contributed by atoms with Crippen LogP contribution in [0.2, 0.25) is 0 Å². The number of alkyl carbamates (subject to hydrolysis) is 1. The number of amides is 5. The van der Waals surface area contributed by atoms with Gasteiger partial charge in [-0.05, 0) is 52.9 Å². The maximum absolute atomic E-state index is 12.0. The Morgan fingerprint density at radius 2 is 1.43 bits per heavy atom. The van der Waals surface area contributed by atoms with Gasteiger partial charge in [-0.15, -0.1) is 0 Å². The molecule has 1 rings (SSSR count). The third-order valence-corrected chi connectivity index (χ3v) is 5.95. The number of unbranched alkanes of at least 4 members (excludes halogenated alkanes) is 3. The van der Waals surface area contributed by atoms with E-state index in [1.807, 2.05) is 0 Å². The lowest BCUT2D eigenvalue weighted by Crippen LogP contribution is -2.42. The molecule has 0 aromatic heterocycles. The molecule has 4 N–H and O–H groups in total. The van der Waals surface area contributed by atoms with Gasteiger partial charge in [0.1, 0.15) is 18.2 Å². The van der Waals surface area contributed by atoms with Crippen LogP contribution in [0.4, 0.5) is 4.79 Å². The molecule has 0 spiro atoms. The van der Waals surface area contributed by atoms with Crippen LogP contribution in [0, 0.1) is 0 Å². The number of nitrogens with zero attached hydrogens (tertiary/aromatic N) is 1. The van der Waals surface area contributed by atoms with Gasteiger partial charge in [-0.25, -0.2) is 9.59 Å². The molecule has 44 heavy (non-hydrogen) atoms. The maximum atomic E-state index is 12.0. The Morgan fingerprint density at radius 1 is 0.795 bits per heavy atom. The van der Waals surface area contributed by atoms with Crippen LogP contribution in [-0.4, -0.2) is 117 Å². The summed E-state index contributed by atoms with van der Waals surface area (Å²) in [5.74, 6) is -2.39. The Balaban J connectivity index is 1.94. The van der Waals surface area contributed by atoms with E-state index < -0.39 is 29.6 Å². The van der Waals surface area contributed by atoms with Crippen molar-refractivity contribution in [3.8, 4) is 0 Å². The number of imide groups is 1. The minimum Gasteiger partial charge on any atom is -0.480 e. The van der Waals surface area contributed by atoms with Crippen LogP contribution in [-0.2, 0) is 42.9 Å². The Hall–Kier alpha value is -3.56. The molecular weight excluding hydrogens is 580 g/mol. The van der Waals surface area contributed by atoms with Crippen LogP contribution in [0.1, 0.15) is 65.7 Å². The van der Waals surface area contributed by atoms with Gasteiger partial charge in [0.05, 0.1) is 33.0 Å². The van der Waals surface area contributed by atoms with E-state index in [1.54, 1.807) is 20.8 Å². The molecule has 0 radical (unpaired) electrons. The normalized spacial score (nSPS) is 13.6. The molecule has 0 saturated carbocycles. The lowest BCUT2D eigenvalue weighted by atomic mass is 10.1. The van der Waals surface area contributed by atoms with Crippen molar-refractivity contribution < 1.29 is 52.8 Å². The van der Waals surface area contributed by atoms with E-state index in [9.17, 15) is 33.9 Å². The first kappa shape index (κ1) is 38.5. The number of carbonyl (C=O) groups is 6. The van der Waals surface area contributed by atoms with E-state index in [2.05, 4.69) is 16.0 Å². The van der Waals surface area contributed by atoms with Crippen molar-refractivity contribution in [3.05, 3.63) is 12.2 Å². The fourth-order valence-electron chi connectivity index (χ4n) is 3.81. The average molecular weight is 629 g/mol. The summed E-state index contributed by atoms with van der Waals surface area (Å²) in [4.78, 5) is 71.0. The summed E-state index contributed by atoms with van der Waals surface area (Å²) < 4.78 is 21.1. The number of carboxylic acids is 1. The Labute approximate surface area is 258 Å². The monoisotopic (exact) mass is 628 g/mol. The summed E-state index contributed by atoms with van der Waals surface area (Å²) in [5.41, 5.74) is -0.598. The Kier molecular flexibility index (Phi) is 19.3. The van der Waals surface area contributed by atoms with E-state index in [-0.39, 0.29) is 44.0 Å². The van der Waals surface area contributed by atoms with E-state index in [0.29, 0.717) is 71.6 Å². The molecule has 0 aromatic rings. The van der Waals surface area contributed by atoms with Crippen molar-refractivity contribution in [2.45, 2.75) is 77.4 Å². The molecule has 0 unspecified atom stereocenters. The highest BCUT2D eigenvalue weighted by Crippen LogP contribution is 2.08. The Bertz CT molecular complexity index is 947. The second kappa shape index (κ2) is 22.0. The number of rotatable bonds is 24. The predicted molar refractivity (Wildman–Crippen MR) is 157 cm³/mol. The topological polar surface area (TPSA) is 199 Å². The van der Waals surface area contributed by atoms with Crippen LogP contribution >= 0.6 is 0 Å². The zero-order chi connectivity index (χ0) is 32.8. The SMILES string of the molecule is CC(C)(C)OC(=O)NCCCC[C@H](NC(=O)COCCOCCOCCNC(=O)CCCCCN1C(=O)C=CC1=O)C(=O)O. The first-order valence-corrected chi connectivity index (χ1v) is 14.9. The van der Waals surface area contributed by atoms with Gasteiger partial charge in [0.15, 0.2) is 0 Å². The molecule has 0 saturated heterocycles. The predicted octanol–water partition coefficient (Wildman–Crippen LogP) is 0.902. The molecule has 0 aliphatic carbocycles. The van der Waals surface area contributed by atoms with Gasteiger partial charge in [0.2, 0.25) is 11.8 Å². The van der Waals surface area contributed by atoms with Crippen LogP contribution in [0.25, 0.3) is 0 Å². The number of hydrogen-bond donors (Lipinski definition) is 4. The first-order valence-electron chi connectivity index (χ1n) is 14.9. The molecule has 250 valence electrons. The molecule has 15 heteroatoms. The van der Waals surface area contributed by atoms with Crippen molar-refractivity contribution in [2.75, 3.05) is 59.3 Å². The van der Waals surface area contributed by atoms with E-state index >= 15 is 0 Å². The minimum atomic E-state index is -1.15. The molecule has 1 atom stereocenters. The summed E-state index contributed by atoms with van der Waals surface area (Å²) in [6, 6.07) is -1.06. The van der Waals surface area contributed by atoms with Crippen molar-refractivity contribution >= 4 is 35.7 Å². The number of ether oxygens (including phenoxy) is 4. The van der Waals surface area contributed by atoms with Gasteiger partial charge in [0, 0.05) is 38.2 Å². The number of aliphatic carboxylic acids is 1. The van der Waals surface area contributed by atoms with Crippen LogP contribution in [0.3, 0.4) is 0 Å². The zero-order valence-corrected chi connectivity index (χ0v) is 26.0. The van der Waals surface area contributed by atoms with Gasteiger partial charge in [0.25, 0.3) is 11.8 Å². The molecule has 15 nitrogen and oxygen atoms in total. The third kappa shape index (κ3) is 19.6.